The number of nitrogens with one attached hydrogen (secondary N) is 1. The molecule has 0 atom stereocenters. The predicted molar refractivity (Wildman–Crippen MR) is 94.8 cm³/mol. The van der Waals surface area contributed by atoms with Gasteiger partial charge in [-0.2, -0.15) is 0 Å². The lowest BCUT2D eigenvalue weighted by Gasteiger charge is -2.28. The number of hydrogen-bond acceptors (Lipinski definition) is 5. The van der Waals surface area contributed by atoms with Gasteiger partial charge in [-0.1, -0.05) is 19.1 Å². The summed E-state index contributed by atoms with van der Waals surface area (Å²) in [5.41, 5.74) is 1.12. The number of hydrogen-bond donors (Lipinski definition) is 1. The molecule has 0 radical (unpaired) electrons. The fourth-order valence-electron chi connectivity index (χ4n) is 2.99. The Kier molecular flexibility index (Phi) is 5.65. The Morgan fingerprint density at radius 3 is 2.32 bits per heavy atom. The average Bonchev–Trinajstić information content (AvgIpc) is 2.64. The van der Waals surface area contributed by atoms with Crippen LogP contribution in [-0.2, 0) is 16.4 Å². The number of rotatable bonds is 6. The summed E-state index contributed by atoms with van der Waals surface area (Å²) in [7, 11) is -3.48. The van der Waals surface area contributed by atoms with E-state index in [1.807, 2.05) is 19.1 Å². The third-order valence-electron chi connectivity index (χ3n) is 4.45. The van der Waals surface area contributed by atoms with Crippen LogP contribution >= 0.6 is 0 Å². The molecule has 1 aromatic heterocycles. The minimum atomic E-state index is -3.48. The van der Waals surface area contributed by atoms with Gasteiger partial charge < -0.3 is 4.74 Å². The Bertz CT molecular complexity index is 771. The van der Waals surface area contributed by atoms with Crippen LogP contribution < -0.4 is 9.46 Å². The zero-order chi connectivity index (χ0) is 17.7. The number of nitrogens with zero attached hydrogens (tertiary/aromatic N) is 2. The van der Waals surface area contributed by atoms with Crippen molar-refractivity contribution in [1.82, 2.24) is 14.7 Å². The lowest BCUT2D eigenvalue weighted by atomic mass is 9.94. The van der Waals surface area contributed by atoms with Crippen molar-refractivity contribution in [3.8, 4) is 6.01 Å². The number of sulfonamides is 1. The Labute approximate surface area is 148 Å². The van der Waals surface area contributed by atoms with E-state index in [1.54, 1.807) is 30.6 Å². The maximum absolute atomic E-state index is 12.5. The van der Waals surface area contributed by atoms with Crippen molar-refractivity contribution in [2.45, 2.75) is 56.1 Å². The van der Waals surface area contributed by atoms with Crippen LogP contribution in [0.15, 0.2) is 47.6 Å². The highest BCUT2D eigenvalue weighted by molar-refractivity contribution is 7.89. The summed E-state index contributed by atoms with van der Waals surface area (Å²) in [6, 6.07) is 9.12. The van der Waals surface area contributed by atoms with Gasteiger partial charge in [0.1, 0.15) is 6.10 Å². The molecule has 0 aliphatic heterocycles. The summed E-state index contributed by atoms with van der Waals surface area (Å²) in [5, 5.41) is 0. The van der Waals surface area contributed by atoms with Gasteiger partial charge in [0, 0.05) is 18.4 Å². The van der Waals surface area contributed by atoms with Crippen LogP contribution in [0.5, 0.6) is 6.01 Å². The van der Waals surface area contributed by atoms with Crippen molar-refractivity contribution in [3.63, 3.8) is 0 Å². The molecule has 3 rings (SSSR count). The van der Waals surface area contributed by atoms with Crippen molar-refractivity contribution >= 4 is 10.0 Å². The van der Waals surface area contributed by atoms with E-state index in [-0.39, 0.29) is 12.1 Å². The van der Waals surface area contributed by atoms with E-state index >= 15 is 0 Å². The van der Waals surface area contributed by atoms with E-state index in [9.17, 15) is 8.42 Å². The number of benzene rings is 1. The topological polar surface area (TPSA) is 81.2 Å². The van der Waals surface area contributed by atoms with Gasteiger partial charge in [-0.05, 0) is 55.9 Å². The summed E-state index contributed by atoms with van der Waals surface area (Å²) in [6.45, 7) is 2.04. The quantitative estimate of drug-likeness (QED) is 0.855. The van der Waals surface area contributed by atoms with Gasteiger partial charge in [-0.3, -0.25) is 0 Å². The zero-order valence-electron chi connectivity index (χ0n) is 14.3. The number of aryl methyl sites for hydroxylation is 1. The lowest BCUT2D eigenvalue weighted by Crippen LogP contribution is -2.39. The maximum Gasteiger partial charge on any atom is 0.316 e. The standard InChI is InChI=1S/C18H23N3O3S/c1-2-14-4-10-17(11-5-14)25(22,23)21-15-6-8-16(9-7-15)24-18-19-12-3-13-20-18/h3-5,10-13,15-16,21H,2,6-9H2,1H3. The third-order valence-corrected chi connectivity index (χ3v) is 5.99. The molecule has 1 fully saturated rings. The molecule has 0 unspecified atom stereocenters. The molecule has 1 saturated carbocycles. The molecule has 1 N–H and O–H groups in total. The van der Waals surface area contributed by atoms with Crippen LogP contribution in [0.4, 0.5) is 0 Å². The first-order valence-electron chi connectivity index (χ1n) is 8.62. The minimum absolute atomic E-state index is 0.0343. The summed E-state index contributed by atoms with van der Waals surface area (Å²) in [6.07, 6.45) is 7.25. The zero-order valence-corrected chi connectivity index (χ0v) is 15.1. The molecule has 1 aromatic carbocycles. The molecule has 25 heavy (non-hydrogen) atoms. The van der Waals surface area contributed by atoms with Crippen molar-refractivity contribution in [2.75, 3.05) is 0 Å². The Hall–Kier alpha value is -1.99. The Morgan fingerprint density at radius 2 is 1.72 bits per heavy atom. The van der Waals surface area contributed by atoms with Crippen LogP contribution in [-0.4, -0.2) is 30.5 Å². The van der Waals surface area contributed by atoms with E-state index in [4.69, 9.17) is 4.74 Å². The minimum Gasteiger partial charge on any atom is -0.460 e. The lowest BCUT2D eigenvalue weighted by molar-refractivity contribution is 0.132. The van der Waals surface area contributed by atoms with Gasteiger partial charge in [0.25, 0.3) is 0 Å². The SMILES string of the molecule is CCc1ccc(S(=O)(=O)NC2CCC(Oc3ncccn3)CC2)cc1. The average molecular weight is 361 g/mol. The molecular formula is C18H23N3O3S. The second kappa shape index (κ2) is 7.93. The van der Waals surface area contributed by atoms with Gasteiger partial charge >= 0.3 is 6.01 Å². The molecule has 134 valence electrons. The molecule has 0 spiro atoms. The molecule has 1 aliphatic carbocycles. The fraction of sp³-hybridized carbons (Fsp3) is 0.444. The highest BCUT2D eigenvalue weighted by atomic mass is 32.2. The highest BCUT2D eigenvalue weighted by Gasteiger charge is 2.27. The largest absolute Gasteiger partial charge is 0.460 e. The molecule has 0 bridgehead atoms. The smallest absolute Gasteiger partial charge is 0.316 e. The first kappa shape index (κ1) is 17.8. The normalized spacial score (nSPS) is 21.0. The van der Waals surface area contributed by atoms with E-state index < -0.39 is 10.0 Å². The van der Waals surface area contributed by atoms with Crippen LogP contribution in [0.2, 0.25) is 0 Å². The van der Waals surface area contributed by atoms with Crippen molar-refractivity contribution in [2.24, 2.45) is 0 Å². The first-order valence-corrected chi connectivity index (χ1v) is 10.1. The van der Waals surface area contributed by atoms with E-state index in [1.165, 1.54) is 0 Å². The van der Waals surface area contributed by atoms with Gasteiger partial charge in [0.2, 0.25) is 10.0 Å². The molecule has 6 nitrogen and oxygen atoms in total. The summed E-state index contributed by atoms with van der Waals surface area (Å²) >= 11 is 0. The van der Waals surface area contributed by atoms with Crippen molar-refractivity contribution in [3.05, 3.63) is 48.3 Å². The van der Waals surface area contributed by atoms with Crippen LogP contribution in [0.1, 0.15) is 38.2 Å². The molecule has 2 aromatic rings. The number of aromatic nitrogens is 2. The molecular weight excluding hydrogens is 338 g/mol. The van der Waals surface area contributed by atoms with E-state index in [0.29, 0.717) is 10.9 Å². The molecule has 1 heterocycles. The molecule has 7 heteroatoms. The van der Waals surface area contributed by atoms with Gasteiger partial charge in [0.05, 0.1) is 4.90 Å². The van der Waals surface area contributed by atoms with Crippen LogP contribution in [0.3, 0.4) is 0 Å². The third kappa shape index (κ3) is 4.76. The second-order valence-corrected chi connectivity index (χ2v) is 7.96. The van der Waals surface area contributed by atoms with Gasteiger partial charge in [-0.25, -0.2) is 23.1 Å². The summed E-state index contributed by atoms with van der Waals surface area (Å²) < 4.78 is 33.6. The molecule has 0 saturated heterocycles. The van der Waals surface area contributed by atoms with E-state index in [2.05, 4.69) is 14.7 Å². The predicted octanol–water partition coefficient (Wildman–Crippen LogP) is 2.71. The summed E-state index contributed by atoms with van der Waals surface area (Å²) in [4.78, 5) is 8.44. The van der Waals surface area contributed by atoms with Crippen molar-refractivity contribution < 1.29 is 13.2 Å². The monoisotopic (exact) mass is 361 g/mol. The highest BCUT2D eigenvalue weighted by Crippen LogP contribution is 2.23. The Morgan fingerprint density at radius 1 is 1.08 bits per heavy atom. The number of ether oxygens (including phenoxy) is 1. The van der Waals surface area contributed by atoms with Crippen LogP contribution in [0.25, 0.3) is 0 Å². The van der Waals surface area contributed by atoms with E-state index in [0.717, 1.165) is 37.7 Å². The summed E-state index contributed by atoms with van der Waals surface area (Å²) in [5.74, 6) is 0. The van der Waals surface area contributed by atoms with Crippen LogP contribution in [0, 0.1) is 0 Å². The second-order valence-electron chi connectivity index (χ2n) is 6.24. The molecule has 0 amide bonds. The van der Waals surface area contributed by atoms with Gasteiger partial charge in [-0.15, -0.1) is 0 Å². The fourth-order valence-corrected chi connectivity index (χ4v) is 4.29. The first-order chi connectivity index (χ1) is 12.1. The maximum atomic E-state index is 12.5. The van der Waals surface area contributed by atoms with Crippen molar-refractivity contribution in [1.29, 1.82) is 0 Å². The Balaban J connectivity index is 1.54. The molecule has 1 aliphatic rings. The van der Waals surface area contributed by atoms with Gasteiger partial charge in [0.15, 0.2) is 0 Å².